The third-order valence-corrected chi connectivity index (χ3v) is 5.13. The summed E-state index contributed by atoms with van der Waals surface area (Å²) in [4.78, 5) is 48.3. The number of nitrogen functional groups attached to an aromatic ring is 1. The average molecular weight is 469 g/mol. The van der Waals surface area contributed by atoms with Gasteiger partial charge in [-0.3, -0.25) is 19.0 Å². The molecule has 4 atom stereocenters. The van der Waals surface area contributed by atoms with Gasteiger partial charge in [0.05, 0.1) is 0 Å². The van der Waals surface area contributed by atoms with Gasteiger partial charge in [-0.05, 0) is 0 Å². The number of nitrogens with two attached hydrogens (primary N) is 1. The summed E-state index contributed by atoms with van der Waals surface area (Å²) in [6.45, 7) is 3.46. The van der Waals surface area contributed by atoms with Crippen molar-refractivity contribution >= 4 is 34.9 Å². The molecule has 0 spiro atoms. The first-order chi connectivity index (χ1) is 16.3. The molecule has 1 aromatic carbocycles. The van der Waals surface area contributed by atoms with Crippen LogP contribution in [0.1, 0.15) is 27.0 Å². The molecule has 3 heterocycles. The SMILES string of the molecule is CC(=O)OC[C@H]1O[C@@H](n2c(-c3ccccc3)nc3c(N)ncnc32)C(OC(C)=O)C1OC(C)=O. The molecule has 4 rings (SSSR count). The highest BCUT2D eigenvalue weighted by atomic mass is 16.7. The Kier molecular flexibility index (Phi) is 6.41. The second kappa shape index (κ2) is 9.43. The van der Waals surface area contributed by atoms with Gasteiger partial charge in [0.2, 0.25) is 0 Å². The van der Waals surface area contributed by atoms with Gasteiger partial charge in [0.15, 0.2) is 35.4 Å². The van der Waals surface area contributed by atoms with Crippen molar-refractivity contribution < 1.29 is 33.3 Å². The van der Waals surface area contributed by atoms with Crippen LogP contribution in [0, 0.1) is 0 Å². The summed E-state index contributed by atoms with van der Waals surface area (Å²) >= 11 is 0. The number of esters is 3. The Hall–Kier alpha value is -4.06. The van der Waals surface area contributed by atoms with Crippen LogP contribution in [0.2, 0.25) is 0 Å². The number of fused-ring (bicyclic) bond motifs is 1. The van der Waals surface area contributed by atoms with E-state index in [4.69, 9.17) is 24.7 Å². The summed E-state index contributed by atoms with van der Waals surface area (Å²) < 4.78 is 23.9. The van der Waals surface area contributed by atoms with Crippen LogP contribution in [0.5, 0.6) is 0 Å². The predicted octanol–water partition coefficient (Wildman–Crippen LogP) is 1.40. The lowest BCUT2D eigenvalue weighted by Gasteiger charge is -2.24. The molecule has 1 saturated heterocycles. The molecule has 2 N–H and O–H groups in total. The number of hydrogen-bond donors (Lipinski definition) is 1. The minimum Gasteiger partial charge on any atom is -0.463 e. The molecule has 2 unspecified atom stereocenters. The first kappa shape index (κ1) is 23.1. The molecule has 178 valence electrons. The van der Waals surface area contributed by atoms with E-state index >= 15 is 0 Å². The Labute approximate surface area is 194 Å². The third kappa shape index (κ3) is 4.53. The summed E-state index contributed by atoms with van der Waals surface area (Å²) in [6, 6.07) is 9.18. The lowest BCUT2D eigenvalue weighted by Crippen LogP contribution is -2.40. The van der Waals surface area contributed by atoms with Gasteiger partial charge in [0.25, 0.3) is 0 Å². The Bertz CT molecular complexity index is 1230. The summed E-state index contributed by atoms with van der Waals surface area (Å²) in [7, 11) is 0. The summed E-state index contributed by atoms with van der Waals surface area (Å²) in [6.07, 6.45) is -2.85. The number of carbonyl (C=O) groups excluding carboxylic acids is 3. The Morgan fingerprint density at radius 1 is 1.00 bits per heavy atom. The number of benzene rings is 1. The number of anilines is 1. The van der Waals surface area contributed by atoms with Gasteiger partial charge in [-0.25, -0.2) is 15.0 Å². The van der Waals surface area contributed by atoms with Crippen molar-refractivity contribution in [2.24, 2.45) is 0 Å². The third-order valence-electron chi connectivity index (χ3n) is 5.13. The highest BCUT2D eigenvalue weighted by Crippen LogP contribution is 2.39. The fraction of sp³-hybridized carbons (Fsp3) is 0.364. The van der Waals surface area contributed by atoms with E-state index in [1.54, 1.807) is 4.57 Å². The van der Waals surface area contributed by atoms with Crippen molar-refractivity contribution in [2.45, 2.75) is 45.3 Å². The molecule has 34 heavy (non-hydrogen) atoms. The number of carbonyl (C=O) groups is 3. The van der Waals surface area contributed by atoms with Gasteiger partial charge >= 0.3 is 17.9 Å². The molecule has 3 aromatic rings. The highest BCUT2D eigenvalue weighted by molar-refractivity contribution is 5.85. The van der Waals surface area contributed by atoms with E-state index in [9.17, 15) is 14.4 Å². The van der Waals surface area contributed by atoms with Crippen LogP contribution < -0.4 is 5.73 Å². The number of ether oxygens (including phenoxy) is 4. The first-order valence-corrected chi connectivity index (χ1v) is 10.4. The summed E-state index contributed by atoms with van der Waals surface area (Å²) in [5.41, 5.74) is 7.40. The predicted molar refractivity (Wildman–Crippen MR) is 117 cm³/mol. The molecule has 0 bridgehead atoms. The van der Waals surface area contributed by atoms with E-state index < -0.39 is 42.4 Å². The molecule has 2 aromatic heterocycles. The van der Waals surface area contributed by atoms with E-state index in [0.29, 0.717) is 22.6 Å². The van der Waals surface area contributed by atoms with Crippen LogP contribution in [0.4, 0.5) is 5.82 Å². The maximum absolute atomic E-state index is 12.0. The van der Waals surface area contributed by atoms with Crippen molar-refractivity contribution in [2.75, 3.05) is 12.3 Å². The molecule has 1 fully saturated rings. The number of nitrogens with zero attached hydrogens (tertiary/aromatic N) is 4. The molecule has 0 aliphatic carbocycles. The molecule has 0 saturated carbocycles. The molecule has 1 aliphatic rings. The fourth-order valence-electron chi connectivity index (χ4n) is 3.86. The Morgan fingerprint density at radius 2 is 1.68 bits per heavy atom. The Morgan fingerprint density at radius 3 is 2.32 bits per heavy atom. The maximum Gasteiger partial charge on any atom is 0.303 e. The van der Waals surface area contributed by atoms with Crippen LogP contribution in [0.3, 0.4) is 0 Å². The summed E-state index contributed by atoms with van der Waals surface area (Å²) in [5, 5.41) is 0. The van der Waals surface area contributed by atoms with Crippen LogP contribution in [-0.2, 0) is 33.3 Å². The van der Waals surface area contributed by atoms with Crippen LogP contribution >= 0.6 is 0 Å². The van der Waals surface area contributed by atoms with Crippen LogP contribution in [0.15, 0.2) is 36.7 Å². The van der Waals surface area contributed by atoms with Crippen molar-refractivity contribution in [1.82, 2.24) is 19.5 Å². The van der Waals surface area contributed by atoms with Gasteiger partial charge in [-0.15, -0.1) is 0 Å². The molecule has 12 nitrogen and oxygen atoms in total. The topological polar surface area (TPSA) is 158 Å². The standard InChI is InChI=1S/C22H23N5O7/c1-11(28)31-9-15-17(32-12(2)29)18(33-13(3)30)22(34-15)27-20(14-7-5-4-6-8-14)26-16-19(23)24-10-25-21(16)27/h4-8,10,15,17-18,22H,9H2,1-3H3,(H2,23,24,25)/t15-,17?,18?,22-/m1/s1. The molecule has 12 heteroatoms. The van der Waals surface area contributed by atoms with Crippen molar-refractivity contribution in [3.8, 4) is 11.4 Å². The van der Waals surface area contributed by atoms with Gasteiger partial charge in [-0.2, -0.15) is 0 Å². The molecule has 0 radical (unpaired) electrons. The van der Waals surface area contributed by atoms with E-state index in [2.05, 4.69) is 15.0 Å². The number of aromatic nitrogens is 4. The largest absolute Gasteiger partial charge is 0.463 e. The first-order valence-electron chi connectivity index (χ1n) is 10.4. The minimum absolute atomic E-state index is 0.149. The van der Waals surface area contributed by atoms with Gasteiger partial charge in [0, 0.05) is 26.3 Å². The van der Waals surface area contributed by atoms with Crippen molar-refractivity contribution in [1.29, 1.82) is 0 Å². The van der Waals surface area contributed by atoms with Crippen LogP contribution in [-0.4, -0.2) is 62.3 Å². The monoisotopic (exact) mass is 469 g/mol. The normalized spacial score (nSPS) is 21.9. The van der Waals surface area contributed by atoms with E-state index in [-0.39, 0.29) is 12.4 Å². The smallest absolute Gasteiger partial charge is 0.303 e. The van der Waals surface area contributed by atoms with E-state index in [1.165, 1.54) is 27.1 Å². The van der Waals surface area contributed by atoms with Gasteiger partial charge in [-0.1, -0.05) is 30.3 Å². The number of imidazole rings is 1. The zero-order valence-electron chi connectivity index (χ0n) is 18.7. The van der Waals surface area contributed by atoms with Crippen molar-refractivity contribution in [3.05, 3.63) is 36.7 Å². The number of hydrogen-bond acceptors (Lipinski definition) is 11. The lowest BCUT2D eigenvalue weighted by molar-refractivity contribution is -0.166. The zero-order chi connectivity index (χ0) is 24.4. The second-order valence-electron chi connectivity index (χ2n) is 7.62. The van der Waals surface area contributed by atoms with Gasteiger partial charge in [0.1, 0.15) is 24.9 Å². The quantitative estimate of drug-likeness (QED) is 0.411. The molecule has 1 aliphatic heterocycles. The summed E-state index contributed by atoms with van der Waals surface area (Å²) in [5.74, 6) is -1.22. The Balaban J connectivity index is 1.89. The minimum atomic E-state index is -1.10. The second-order valence-corrected chi connectivity index (χ2v) is 7.62. The van der Waals surface area contributed by atoms with Crippen molar-refractivity contribution in [3.63, 3.8) is 0 Å². The zero-order valence-corrected chi connectivity index (χ0v) is 18.7. The van der Waals surface area contributed by atoms with Crippen LogP contribution in [0.25, 0.3) is 22.6 Å². The van der Waals surface area contributed by atoms with Gasteiger partial charge < -0.3 is 24.7 Å². The average Bonchev–Trinajstić information content (AvgIpc) is 3.32. The lowest BCUT2D eigenvalue weighted by atomic mass is 10.1. The number of rotatable bonds is 6. The molecular formula is C22H23N5O7. The molecular weight excluding hydrogens is 446 g/mol. The highest BCUT2D eigenvalue weighted by Gasteiger charge is 2.51. The molecule has 0 amide bonds. The van der Waals surface area contributed by atoms with E-state index in [0.717, 1.165) is 0 Å². The maximum atomic E-state index is 12.0. The van der Waals surface area contributed by atoms with E-state index in [1.807, 2.05) is 30.3 Å². The fourth-order valence-corrected chi connectivity index (χ4v) is 3.86.